The van der Waals surface area contributed by atoms with E-state index in [9.17, 15) is 9.59 Å². The normalized spacial score (nSPS) is 12.2. The molecule has 0 radical (unpaired) electrons. The Balaban J connectivity index is 2.23. The molecule has 0 fully saturated rings. The van der Waals surface area contributed by atoms with Crippen molar-refractivity contribution >= 4 is 23.7 Å². The molecule has 3 N–H and O–H groups in total. The number of nitrogens with zero attached hydrogens (tertiary/aromatic N) is 2. The fourth-order valence-corrected chi connectivity index (χ4v) is 3.21. The van der Waals surface area contributed by atoms with Crippen molar-refractivity contribution in [2.45, 2.75) is 24.3 Å². The maximum absolute atomic E-state index is 12.1. The van der Waals surface area contributed by atoms with E-state index in [1.54, 1.807) is 6.20 Å². The summed E-state index contributed by atoms with van der Waals surface area (Å²) in [4.78, 5) is 27.4. The van der Waals surface area contributed by atoms with Crippen LogP contribution in [0.3, 0.4) is 0 Å². The number of aromatic nitrogens is 2. The van der Waals surface area contributed by atoms with Crippen molar-refractivity contribution < 1.29 is 9.59 Å². The number of imide groups is 1. The fraction of sp³-hybridized carbons (Fsp3) is 0.312. The zero-order chi connectivity index (χ0) is 17.0. The van der Waals surface area contributed by atoms with Crippen LogP contribution in [0.2, 0.25) is 0 Å². The molecule has 122 valence electrons. The summed E-state index contributed by atoms with van der Waals surface area (Å²) < 4.78 is 1.94. The first kappa shape index (κ1) is 17.1. The van der Waals surface area contributed by atoms with Crippen LogP contribution in [0.25, 0.3) is 11.3 Å². The number of hydrogen-bond donors (Lipinski definition) is 2. The average Bonchev–Trinajstić information content (AvgIpc) is 2.85. The number of nitrogens with two attached hydrogens (primary N) is 1. The molecule has 0 saturated heterocycles. The molecule has 2 rings (SSSR count). The van der Waals surface area contributed by atoms with Crippen LogP contribution in [0.5, 0.6) is 0 Å². The van der Waals surface area contributed by atoms with Crippen LogP contribution in [0.15, 0.2) is 41.7 Å². The summed E-state index contributed by atoms with van der Waals surface area (Å²) in [6.45, 7) is 3.83. The Morgan fingerprint density at radius 1 is 1.26 bits per heavy atom. The molecule has 0 unspecified atom stereocenters. The highest BCUT2D eigenvalue weighted by molar-refractivity contribution is 8.00. The van der Waals surface area contributed by atoms with Crippen LogP contribution in [-0.2, 0) is 11.8 Å². The van der Waals surface area contributed by atoms with E-state index in [-0.39, 0.29) is 5.92 Å². The molecule has 0 saturated carbocycles. The van der Waals surface area contributed by atoms with Gasteiger partial charge in [0, 0.05) is 7.05 Å². The minimum Gasteiger partial charge on any atom is -0.351 e. The van der Waals surface area contributed by atoms with Crippen LogP contribution < -0.4 is 11.1 Å². The minimum atomic E-state index is -0.842. The van der Waals surface area contributed by atoms with Gasteiger partial charge in [-0.2, -0.15) is 0 Å². The SMILES string of the molecule is CC(C)[C@@H](Sc1ncc(-c2ccccc2)n1C)C(=O)NC(N)=O. The predicted molar refractivity (Wildman–Crippen MR) is 90.9 cm³/mol. The lowest BCUT2D eigenvalue weighted by Crippen LogP contribution is -2.42. The molecular formula is C16H20N4O2S. The number of amides is 3. The van der Waals surface area contributed by atoms with Crippen molar-refractivity contribution in [1.29, 1.82) is 0 Å². The van der Waals surface area contributed by atoms with E-state index in [1.165, 1.54) is 11.8 Å². The van der Waals surface area contributed by atoms with Crippen molar-refractivity contribution in [2.75, 3.05) is 0 Å². The van der Waals surface area contributed by atoms with Gasteiger partial charge in [0.05, 0.1) is 17.1 Å². The summed E-state index contributed by atoms with van der Waals surface area (Å²) in [6.07, 6.45) is 1.78. The van der Waals surface area contributed by atoms with Crippen molar-refractivity contribution in [3.05, 3.63) is 36.5 Å². The highest BCUT2D eigenvalue weighted by atomic mass is 32.2. The van der Waals surface area contributed by atoms with E-state index in [1.807, 2.05) is 55.8 Å². The Morgan fingerprint density at radius 3 is 2.48 bits per heavy atom. The number of thioether (sulfide) groups is 1. The average molecular weight is 332 g/mol. The highest BCUT2D eigenvalue weighted by Crippen LogP contribution is 2.30. The number of benzene rings is 1. The van der Waals surface area contributed by atoms with E-state index in [2.05, 4.69) is 10.3 Å². The number of primary amides is 1. The topological polar surface area (TPSA) is 90.0 Å². The van der Waals surface area contributed by atoms with Crippen LogP contribution >= 0.6 is 11.8 Å². The molecule has 2 aromatic rings. The van der Waals surface area contributed by atoms with Crippen molar-refractivity contribution in [3.63, 3.8) is 0 Å². The first-order valence-corrected chi connectivity index (χ1v) is 8.12. The number of imidazole rings is 1. The summed E-state index contributed by atoms with van der Waals surface area (Å²) in [5.41, 5.74) is 7.05. The summed E-state index contributed by atoms with van der Waals surface area (Å²) in [7, 11) is 1.90. The maximum Gasteiger partial charge on any atom is 0.318 e. The van der Waals surface area contributed by atoms with Gasteiger partial charge in [-0.05, 0) is 11.5 Å². The molecule has 7 heteroatoms. The van der Waals surface area contributed by atoms with Gasteiger partial charge in [-0.15, -0.1) is 0 Å². The number of carbonyl (C=O) groups excluding carboxylic acids is 2. The molecule has 0 spiro atoms. The molecule has 0 aliphatic rings. The van der Waals surface area contributed by atoms with E-state index < -0.39 is 17.2 Å². The largest absolute Gasteiger partial charge is 0.351 e. The van der Waals surface area contributed by atoms with Crippen LogP contribution in [0.4, 0.5) is 4.79 Å². The van der Waals surface area contributed by atoms with Crippen LogP contribution in [0, 0.1) is 5.92 Å². The molecular weight excluding hydrogens is 312 g/mol. The molecule has 1 heterocycles. The smallest absolute Gasteiger partial charge is 0.318 e. The molecule has 1 aromatic heterocycles. The van der Waals surface area contributed by atoms with Gasteiger partial charge < -0.3 is 10.3 Å². The maximum atomic E-state index is 12.1. The van der Waals surface area contributed by atoms with E-state index in [0.717, 1.165) is 11.3 Å². The zero-order valence-electron chi connectivity index (χ0n) is 13.3. The number of nitrogens with one attached hydrogen (secondary N) is 1. The third-order valence-electron chi connectivity index (χ3n) is 3.36. The summed E-state index contributed by atoms with van der Waals surface area (Å²) in [5, 5.41) is 2.40. The Morgan fingerprint density at radius 2 is 1.91 bits per heavy atom. The summed E-state index contributed by atoms with van der Waals surface area (Å²) in [6, 6.07) is 9.05. The number of rotatable bonds is 5. The molecule has 1 atom stereocenters. The second-order valence-corrected chi connectivity index (χ2v) is 6.60. The Hall–Kier alpha value is -2.28. The van der Waals surface area contributed by atoms with E-state index in [0.29, 0.717) is 5.16 Å². The van der Waals surface area contributed by atoms with Gasteiger partial charge in [0.1, 0.15) is 0 Å². The van der Waals surface area contributed by atoms with Gasteiger partial charge in [0.15, 0.2) is 5.16 Å². The standard InChI is InChI=1S/C16H20N4O2S/c1-10(2)13(14(21)19-15(17)22)23-16-18-9-12(20(16)3)11-7-5-4-6-8-11/h4-10,13H,1-3H3,(H3,17,19,21,22)/t13-/m1/s1. The lowest BCUT2D eigenvalue weighted by molar-refractivity contribution is -0.120. The lowest BCUT2D eigenvalue weighted by Gasteiger charge is -2.18. The Bertz CT molecular complexity index is 697. The van der Waals surface area contributed by atoms with Gasteiger partial charge in [0.25, 0.3) is 0 Å². The molecule has 0 aliphatic heterocycles. The third kappa shape index (κ3) is 4.13. The second kappa shape index (κ2) is 7.32. The minimum absolute atomic E-state index is 0.0243. The van der Waals surface area contributed by atoms with Crippen molar-refractivity contribution in [1.82, 2.24) is 14.9 Å². The van der Waals surface area contributed by atoms with Gasteiger partial charge in [-0.3, -0.25) is 10.1 Å². The fourth-order valence-electron chi connectivity index (χ4n) is 2.18. The monoisotopic (exact) mass is 332 g/mol. The molecule has 0 bridgehead atoms. The number of carbonyl (C=O) groups is 2. The molecule has 23 heavy (non-hydrogen) atoms. The van der Waals surface area contributed by atoms with E-state index in [4.69, 9.17) is 5.73 Å². The van der Waals surface area contributed by atoms with E-state index >= 15 is 0 Å². The first-order chi connectivity index (χ1) is 10.9. The van der Waals surface area contributed by atoms with Crippen molar-refractivity contribution in [2.24, 2.45) is 18.7 Å². The highest BCUT2D eigenvalue weighted by Gasteiger charge is 2.26. The molecule has 1 aromatic carbocycles. The third-order valence-corrected chi connectivity index (χ3v) is 4.96. The lowest BCUT2D eigenvalue weighted by atomic mass is 10.1. The number of urea groups is 1. The van der Waals surface area contributed by atoms with Crippen molar-refractivity contribution in [3.8, 4) is 11.3 Å². The number of hydrogen-bond acceptors (Lipinski definition) is 4. The predicted octanol–water partition coefficient (Wildman–Crippen LogP) is 2.40. The molecule has 6 nitrogen and oxygen atoms in total. The first-order valence-electron chi connectivity index (χ1n) is 7.24. The second-order valence-electron chi connectivity index (χ2n) is 5.49. The van der Waals surface area contributed by atoms with Gasteiger partial charge in [0.2, 0.25) is 5.91 Å². The van der Waals surface area contributed by atoms with Gasteiger partial charge >= 0.3 is 6.03 Å². The zero-order valence-corrected chi connectivity index (χ0v) is 14.1. The van der Waals surface area contributed by atoms with Crippen LogP contribution in [-0.4, -0.2) is 26.7 Å². The quantitative estimate of drug-likeness (QED) is 0.823. The Kier molecular flexibility index (Phi) is 5.44. The molecule has 3 amide bonds. The molecule has 0 aliphatic carbocycles. The van der Waals surface area contributed by atoms with Gasteiger partial charge in [-0.1, -0.05) is 55.9 Å². The van der Waals surface area contributed by atoms with Gasteiger partial charge in [-0.25, -0.2) is 9.78 Å². The Labute approximate surface area is 139 Å². The summed E-state index contributed by atoms with van der Waals surface area (Å²) in [5.74, 6) is -0.377. The summed E-state index contributed by atoms with van der Waals surface area (Å²) >= 11 is 1.32. The van der Waals surface area contributed by atoms with Crippen LogP contribution in [0.1, 0.15) is 13.8 Å².